The average molecular weight is 305 g/mol. The summed E-state index contributed by atoms with van der Waals surface area (Å²) in [6.45, 7) is 0.113. The fourth-order valence-corrected chi connectivity index (χ4v) is 2.41. The van der Waals surface area contributed by atoms with E-state index in [0.29, 0.717) is 0 Å². The van der Waals surface area contributed by atoms with Crippen LogP contribution in [0.15, 0.2) is 48.7 Å². The summed E-state index contributed by atoms with van der Waals surface area (Å²) in [6, 6.07) is 11.1. The summed E-state index contributed by atoms with van der Waals surface area (Å²) >= 11 is 0. The molecule has 3 rings (SSSR count). The highest BCUT2D eigenvalue weighted by Gasteiger charge is 2.32. The zero-order valence-corrected chi connectivity index (χ0v) is 11.9. The standard InChI is InChI=1S/C16H14F3N3/c1-22-10-12-8-13(6-7-15(12)21-22)20-9-11-4-2-3-5-14(11)16(17,18)19/h2-8,10,20H,9H2,1H3. The van der Waals surface area contributed by atoms with Gasteiger partial charge in [-0.3, -0.25) is 4.68 Å². The topological polar surface area (TPSA) is 29.9 Å². The van der Waals surface area contributed by atoms with Gasteiger partial charge in [-0.25, -0.2) is 0 Å². The lowest BCUT2D eigenvalue weighted by atomic mass is 10.1. The number of aromatic nitrogens is 2. The number of hydrogen-bond acceptors (Lipinski definition) is 2. The second-order valence-corrected chi connectivity index (χ2v) is 5.08. The zero-order chi connectivity index (χ0) is 15.7. The molecule has 0 saturated heterocycles. The van der Waals surface area contributed by atoms with Gasteiger partial charge in [-0.1, -0.05) is 18.2 Å². The van der Waals surface area contributed by atoms with Crippen LogP contribution >= 0.6 is 0 Å². The van der Waals surface area contributed by atoms with Gasteiger partial charge in [0.2, 0.25) is 0 Å². The minimum absolute atomic E-state index is 0.113. The molecule has 1 aromatic heterocycles. The fraction of sp³-hybridized carbons (Fsp3) is 0.188. The van der Waals surface area contributed by atoms with E-state index in [2.05, 4.69) is 10.4 Å². The van der Waals surface area contributed by atoms with Gasteiger partial charge < -0.3 is 5.32 Å². The number of aryl methyl sites for hydroxylation is 1. The van der Waals surface area contributed by atoms with Crippen molar-refractivity contribution in [3.63, 3.8) is 0 Å². The maximum absolute atomic E-state index is 12.9. The molecule has 1 N–H and O–H groups in total. The number of hydrogen-bond donors (Lipinski definition) is 1. The lowest BCUT2D eigenvalue weighted by molar-refractivity contribution is -0.138. The number of fused-ring (bicyclic) bond motifs is 1. The number of nitrogens with zero attached hydrogens (tertiary/aromatic N) is 2. The van der Waals surface area contributed by atoms with E-state index < -0.39 is 11.7 Å². The molecule has 0 unspecified atom stereocenters. The van der Waals surface area contributed by atoms with Gasteiger partial charge in [0.15, 0.2) is 0 Å². The second kappa shape index (κ2) is 5.36. The minimum Gasteiger partial charge on any atom is -0.381 e. The van der Waals surface area contributed by atoms with Gasteiger partial charge in [0.05, 0.1) is 11.1 Å². The van der Waals surface area contributed by atoms with E-state index in [1.54, 1.807) is 10.7 Å². The first kappa shape index (κ1) is 14.4. The summed E-state index contributed by atoms with van der Waals surface area (Å²) in [4.78, 5) is 0. The Bertz CT molecular complexity index is 806. The molecular formula is C16H14F3N3. The fourth-order valence-electron chi connectivity index (χ4n) is 2.41. The van der Waals surface area contributed by atoms with Crippen LogP contribution in [0.5, 0.6) is 0 Å². The summed E-state index contributed by atoms with van der Waals surface area (Å²) in [6.07, 6.45) is -2.48. The molecule has 0 atom stereocenters. The van der Waals surface area contributed by atoms with Gasteiger partial charge in [-0.15, -0.1) is 0 Å². The zero-order valence-electron chi connectivity index (χ0n) is 11.9. The molecule has 0 aliphatic carbocycles. The normalized spacial score (nSPS) is 11.8. The van der Waals surface area contributed by atoms with Crippen LogP contribution in [0, 0.1) is 0 Å². The first-order chi connectivity index (χ1) is 10.4. The highest BCUT2D eigenvalue weighted by molar-refractivity contribution is 5.81. The number of alkyl halides is 3. The van der Waals surface area contributed by atoms with Crippen molar-refractivity contribution < 1.29 is 13.2 Å². The Morgan fingerprint density at radius 3 is 2.68 bits per heavy atom. The van der Waals surface area contributed by atoms with Crippen molar-refractivity contribution in [3.05, 3.63) is 59.8 Å². The van der Waals surface area contributed by atoms with Crippen LogP contribution in [-0.4, -0.2) is 9.78 Å². The molecule has 0 aliphatic heterocycles. The van der Waals surface area contributed by atoms with Gasteiger partial charge in [-0.05, 0) is 29.8 Å². The van der Waals surface area contributed by atoms with Crippen molar-refractivity contribution in [1.82, 2.24) is 9.78 Å². The molecule has 0 amide bonds. The van der Waals surface area contributed by atoms with Crippen molar-refractivity contribution >= 4 is 16.6 Å². The quantitative estimate of drug-likeness (QED) is 0.786. The van der Waals surface area contributed by atoms with Crippen LogP contribution in [0.1, 0.15) is 11.1 Å². The third kappa shape index (κ3) is 2.90. The highest BCUT2D eigenvalue weighted by Crippen LogP contribution is 2.32. The molecule has 3 nitrogen and oxygen atoms in total. The number of benzene rings is 2. The Labute approximate surface area is 125 Å². The Morgan fingerprint density at radius 1 is 1.14 bits per heavy atom. The molecular weight excluding hydrogens is 291 g/mol. The van der Waals surface area contributed by atoms with Crippen LogP contribution in [-0.2, 0) is 19.8 Å². The summed E-state index contributed by atoms with van der Waals surface area (Å²) in [5.74, 6) is 0. The average Bonchev–Trinajstić information content (AvgIpc) is 2.83. The van der Waals surface area contributed by atoms with Gasteiger partial charge in [0.1, 0.15) is 0 Å². The molecule has 0 spiro atoms. The smallest absolute Gasteiger partial charge is 0.381 e. The molecule has 6 heteroatoms. The molecule has 22 heavy (non-hydrogen) atoms. The largest absolute Gasteiger partial charge is 0.416 e. The van der Waals surface area contributed by atoms with E-state index in [9.17, 15) is 13.2 Å². The Hall–Kier alpha value is -2.50. The molecule has 0 fully saturated rings. The van der Waals surface area contributed by atoms with Crippen LogP contribution in [0.3, 0.4) is 0 Å². The summed E-state index contributed by atoms with van der Waals surface area (Å²) in [7, 11) is 1.83. The van der Waals surface area contributed by atoms with E-state index in [-0.39, 0.29) is 12.1 Å². The van der Waals surface area contributed by atoms with Crippen molar-refractivity contribution in [2.24, 2.45) is 7.05 Å². The van der Waals surface area contributed by atoms with Crippen molar-refractivity contribution in [3.8, 4) is 0 Å². The van der Waals surface area contributed by atoms with Crippen LogP contribution < -0.4 is 5.32 Å². The SMILES string of the molecule is Cn1cc2cc(NCc3ccccc3C(F)(F)F)ccc2n1. The van der Waals surface area contributed by atoms with Crippen LogP contribution in [0.2, 0.25) is 0 Å². The van der Waals surface area contributed by atoms with Crippen molar-refractivity contribution in [1.29, 1.82) is 0 Å². The van der Waals surface area contributed by atoms with E-state index in [1.807, 2.05) is 31.4 Å². The minimum atomic E-state index is -4.34. The highest BCUT2D eigenvalue weighted by atomic mass is 19.4. The first-order valence-electron chi connectivity index (χ1n) is 6.76. The van der Waals surface area contributed by atoms with E-state index >= 15 is 0 Å². The number of nitrogens with one attached hydrogen (secondary N) is 1. The predicted molar refractivity (Wildman–Crippen MR) is 79.5 cm³/mol. The van der Waals surface area contributed by atoms with Gasteiger partial charge in [0, 0.05) is 30.9 Å². The predicted octanol–water partition coefficient (Wildman–Crippen LogP) is 4.20. The maximum atomic E-state index is 12.9. The molecule has 1 heterocycles. The monoisotopic (exact) mass is 305 g/mol. The Balaban J connectivity index is 1.82. The molecule has 2 aromatic carbocycles. The van der Waals surface area contributed by atoms with Crippen molar-refractivity contribution in [2.75, 3.05) is 5.32 Å². The molecule has 0 radical (unpaired) electrons. The first-order valence-corrected chi connectivity index (χ1v) is 6.76. The van der Waals surface area contributed by atoms with Gasteiger partial charge in [-0.2, -0.15) is 18.3 Å². The molecule has 3 aromatic rings. The van der Waals surface area contributed by atoms with Gasteiger partial charge in [0.25, 0.3) is 0 Å². The Kier molecular flexibility index (Phi) is 3.52. The molecule has 0 saturated carbocycles. The third-order valence-corrected chi connectivity index (χ3v) is 3.42. The van der Waals surface area contributed by atoms with E-state index in [4.69, 9.17) is 0 Å². The Morgan fingerprint density at radius 2 is 1.91 bits per heavy atom. The molecule has 0 aliphatic rings. The number of halogens is 3. The summed E-state index contributed by atoms with van der Waals surface area (Å²) < 4.78 is 40.5. The van der Waals surface area contributed by atoms with Crippen molar-refractivity contribution in [2.45, 2.75) is 12.7 Å². The van der Waals surface area contributed by atoms with Crippen LogP contribution in [0.25, 0.3) is 10.9 Å². The number of rotatable bonds is 3. The lowest BCUT2D eigenvalue weighted by Crippen LogP contribution is -2.11. The van der Waals surface area contributed by atoms with Gasteiger partial charge >= 0.3 is 6.18 Å². The summed E-state index contributed by atoms with van der Waals surface area (Å²) in [5, 5.41) is 8.24. The summed E-state index contributed by atoms with van der Waals surface area (Å²) in [5.41, 5.74) is 1.23. The second-order valence-electron chi connectivity index (χ2n) is 5.08. The van der Waals surface area contributed by atoms with E-state index in [0.717, 1.165) is 22.7 Å². The van der Waals surface area contributed by atoms with E-state index in [1.165, 1.54) is 12.1 Å². The molecule has 114 valence electrons. The maximum Gasteiger partial charge on any atom is 0.416 e. The number of anilines is 1. The van der Waals surface area contributed by atoms with Crippen LogP contribution in [0.4, 0.5) is 18.9 Å². The third-order valence-electron chi connectivity index (χ3n) is 3.42. The molecule has 0 bridgehead atoms. The lowest BCUT2D eigenvalue weighted by Gasteiger charge is -2.13.